The number of halogens is 1. The van der Waals surface area contributed by atoms with Crippen molar-refractivity contribution in [1.82, 2.24) is 15.6 Å². The molecule has 2 unspecified atom stereocenters. The van der Waals surface area contributed by atoms with Gasteiger partial charge < -0.3 is 51.3 Å². The van der Waals surface area contributed by atoms with Crippen LogP contribution in [-0.4, -0.2) is 85.6 Å². The first-order valence-corrected chi connectivity index (χ1v) is 13.3. The zero-order valence-electron chi connectivity index (χ0n) is 21.6. The van der Waals surface area contributed by atoms with E-state index in [1.54, 1.807) is 6.07 Å². The van der Waals surface area contributed by atoms with Crippen LogP contribution in [0, 0.1) is 0 Å². The van der Waals surface area contributed by atoms with Crippen molar-refractivity contribution in [3.05, 3.63) is 63.1 Å². The molecule has 2 atom stereocenters. The number of para-hydroxylation sites is 1. The van der Waals surface area contributed by atoms with E-state index in [0.717, 1.165) is 23.5 Å². The third-order valence-electron chi connectivity index (χ3n) is 5.99. The van der Waals surface area contributed by atoms with Crippen LogP contribution < -0.4 is 21.0 Å². The van der Waals surface area contributed by atoms with Crippen LogP contribution in [0.3, 0.4) is 0 Å². The van der Waals surface area contributed by atoms with E-state index in [1.165, 1.54) is 17.5 Å². The summed E-state index contributed by atoms with van der Waals surface area (Å²) in [6.45, 7) is -0.792. The molecule has 2 amide bonds. The number of aliphatic carboxylic acids is 1. The number of aromatic hydroxyl groups is 2. The van der Waals surface area contributed by atoms with Gasteiger partial charge in [0, 0.05) is 5.38 Å². The molecule has 16 nitrogen and oxygen atoms in total. The second kappa shape index (κ2) is 12.8. The second-order valence-electron chi connectivity index (χ2n) is 8.86. The molecule has 0 saturated heterocycles. The van der Waals surface area contributed by atoms with E-state index in [1.807, 2.05) is 0 Å². The average Bonchev–Trinajstić information content (AvgIpc) is 3.38. The van der Waals surface area contributed by atoms with Crippen molar-refractivity contribution in [2.75, 3.05) is 12.3 Å². The number of aromatic carboxylic acids is 1. The van der Waals surface area contributed by atoms with Gasteiger partial charge in [0.2, 0.25) is 0 Å². The van der Waals surface area contributed by atoms with Crippen molar-refractivity contribution >= 4 is 64.7 Å². The first kappa shape index (κ1) is 30.9. The summed E-state index contributed by atoms with van der Waals surface area (Å²) in [6, 6.07) is 4.67. The normalized spacial score (nSPS) is 15.1. The Morgan fingerprint density at radius 1 is 1.21 bits per heavy atom. The van der Waals surface area contributed by atoms with Crippen molar-refractivity contribution < 1.29 is 54.1 Å². The lowest BCUT2D eigenvalue weighted by Gasteiger charge is -2.28. The summed E-state index contributed by atoms with van der Waals surface area (Å²) in [5.41, 5.74) is 5.06. The lowest BCUT2D eigenvalue weighted by molar-refractivity contribution is -0.140. The Balaban J connectivity index is 1.50. The number of anilines is 1. The first-order chi connectivity index (χ1) is 20.4. The molecule has 1 aromatic heterocycles. The van der Waals surface area contributed by atoms with Crippen molar-refractivity contribution in [3.8, 4) is 17.2 Å². The number of amides is 2. The quantitative estimate of drug-likeness (QED) is 0.0644. The molecule has 0 aliphatic carbocycles. The summed E-state index contributed by atoms with van der Waals surface area (Å²) in [6.07, 6.45) is -0.0147. The summed E-state index contributed by atoms with van der Waals surface area (Å²) in [7, 11) is -1.64. The van der Waals surface area contributed by atoms with Gasteiger partial charge in [-0.1, -0.05) is 28.9 Å². The Labute approximate surface area is 250 Å². The largest absolute Gasteiger partial charge is 0.547 e. The number of hydrogen-bond donors (Lipinski definition) is 8. The van der Waals surface area contributed by atoms with Gasteiger partial charge in [-0.2, -0.15) is 0 Å². The summed E-state index contributed by atoms with van der Waals surface area (Å²) in [5.74, 6) is -7.25. The monoisotopic (exact) mass is 633 g/mol. The van der Waals surface area contributed by atoms with Gasteiger partial charge in [0.25, 0.3) is 11.8 Å². The molecule has 9 N–H and O–H groups in total. The molecule has 1 aliphatic heterocycles. The fraction of sp³-hybridized carbons (Fsp3) is 0.167. The van der Waals surface area contributed by atoms with Crippen LogP contribution in [-0.2, 0) is 20.8 Å². The molecular formula is C24H21BClN5O11S. The van der Waals surface area contributed by atoms with E-state index in [2.05, 4.69) is 20.8 Å². The van der Waals surface area contributed by atoms with E-state index >= 15 is 0 Å². The predicted octanol–water partition coefficient (Wildman–Crippen LogP) is 0.232. The van der Waals surface area contributed by atoms with Crippen molar-refractivity contribution in [2.24, 2.45) is 5.16 Å². The minimum Gasteiger partial charge on any atom is -0.534 e. The molecular weight excluding hydrogens is 613 g/mol. The number of nitrogens with one attached hydrogen (secondary N) is 2. The second-order valence-corrected chi connectivity index (χ2v) is 10.1. The highest BCUT2D eigenvalue weighted by Gasteiger charge is 2.39. The summed E-state index contributed by atoms with van der Waals surface area (Å²) < 4.78 is 5.37. The maximum atomic E-state index is 13.2. The fourth-order valence-corrected chi connectivity index (χ4v) is 4.66. The first-order valence-electron chi connectivity index (χ1n) is 12.0. The molecule has 0 saturated carbocycles. The molecule has 0 bridgehead atoms. The Kier molecular flexibility index (Phi) is 9.23. The van der Waals surface area contributed by atoms with Crippen LogP contribution in [0.4, 0.5) is 5.13 Å². The number of phenolic OH excluding ortho intramolecular Hbond substituents is 2. The number of benzene rings is 2. The van der Waals surface area contributed by atoms with Gasteiger partial charge in [-0.3, -0.25) is 9.59 Å². The molecule has 224 valence electrons. The minimum absolute atomic E-state index is 0.0147. The molecule has 19 heteroatoms. The van der Waals surface area contributed by atoms with Crippen molar-refractivity contribution in [2.45, 2.75) is 18.4 Å². The molecule has 0 radical (unpaired) electrons. The minimum atomic E-state index is -1.72. The fourth-order valence-electron chi connectivity index (χ4n) is 3.87. The van der Waals surface area contributed by atoms with Crippen LogP contribution in [0.25, 0.3) is 0 Å². The number of nitrogens with two attached hydrogens (primary N) is 1. The highest BCUT2D eigenvalue weighted by Crippen LogP contribution is 2.35. The summed E-state index contributed by atoms with van der Waals surface area (Å²) in [5, 5.41) is 57.9. The molecule has 0 spiro atoms. The number of thiazole rings is 1. The van der Waals surface area contributed by atoms with E-state index < -0.39 is 71.7 Å². The van der Waals surface area contributed by atoms with Gasteiger partial charge in [0.15, 0.2) is 28.4 Å². The Bertz CT molecular complexity index is 1630. The maximum Gasteiger partial charge on any atom is 0.547 e. The van der Waals surface area contributed by atoms with Gasteiger partial charge in [0.05, 0.1) is 22.1 Å². The maximum absolute atomic E-state index is 13.2. The Hall–Kier alpha value is -5.07. The lowest BCUT2D eigenvalue weighted by atomic mass is 9.72. The number of nitrogen functional groups attached to an aromatic ring is 1. The average molecular weight is 634 g/mol. The van der Waals surface area contributed by atoms with E-state index in [-0.39, 0.29) is 34.1 Å². The van der Waals surface area contributed by atoms with E-state index in [4.69, 9.17) is 26.8 Å². The topological polar surface area (TPSA) is 263 Å². The molecule has 1 aliphatic rings. The number of aromatic nitrogens is 1. The lowest BCUT2D eigenvalue weighted by Crippen LogP contribution is -2.54. The van der Waals surface area contributed by atoms with Crippen LogP contribution in [0.1, 0.15) is 32.0 Å². The Morgan fingerprint density at radius 3 is 2.60 bits per heavy atom. The number of carboxylic acid groups (broad SMARTS) is 2. The number of fused-ring (bicyclic) bond motifs is 1. The zero-order chi connectivity index (χ0) is 31.4. The number of hydrogen-bond acceptors (Lipinski definition) is 13. The number of phenols is 2. The van der Waals surface area contributed by atoms with Gasteiger partial charge in [-0.15, -0.1) is 11.3 Å². The van der Waals surface area contributed by atoms with E-state index in [9.17, 15) is 44.6 Å². The van der Waals surface area contributed by atoms with Crippen molar-refractivity contribution in [3.63, 3.8) is 0 Å². The summed E-state index contributed by atoms with van der Waals surface area (Å²) >= 11 is 6.83. The SMILES string of the molecule is Nc1nc(/C(=N/OCC(NC(=O)c2ccc(O)c(O)c2Cl)C(=O)O)C(=O)NC2Cc3cccc(C(=O)O)c3OB2O)cs1. The van der Waals surface area contributed by atoms with Gasteiger partial charge in [-0.25, -0.2) is 14.6 Å². The van der Waals surface area contributed by atoms with Crippen molar-refractivity contribution in [1.29, 1.82) is 0 Å². The number of carbonyl (C=O) groups excluding carboxylic acids is 2. The molecule has 0 fully saturated rings. The number of nitrogens with zero attached hydrogens (tertiary/aromatic N) is 2. The molecule has 43 heavy (non-hydrogen) atoms. The highest BCUT2D eigenvalue weighted by molar-refractivity contribution is 7.13. The number of carboxylic acids is 2. The standard InChI is InChI=1S/C24H21BClN5O11S/c26-16-10(4-5-14(32)18(16)33)20(34)28-12(23(38)39)7-41-31-17(13-8-43-24(27)29-13)21(35)30-15-6-9-2-1-3-11(22(36)37)19(9)42-25(15)40/h1-5,8,12,15,32-33,40H,6-7H2,(H2,27,29)(H,28,34)(H,30,35)(H,36,37)(H,38,39)/b31-17-. The van der Waals surface area contributed by atoms with Crippen LogP contribution in [0.15, 0.2) is 40.9 Å². The smallest absolute Gasteiger partial charge is 0.534 e. The molecule has 2 heterocycles. The van der Waals surface area contributed by atoms with Gasteiger partial charge in [0.1, 0.15) is 18.1 Å². The van der Waals surface area contributed by atoms with Crippen LogP contribution in [0.2, 0.25) is 5.02 Å². The van der Waals surface area contributed by atoms with E-state index in [0.29, 0.717) is 5.56 Å². The summed E-state index contributed by atoms with van der Waals surface area (Å²) in [4.78, 5) is 58.1. The third kappa shape index (κ3) is 6.88. The zero-order valence-corrected chi connectivity index (χ0v) is 23.1. The number of carbonyl (C=O) groups is 4. The van der Waals surface area contributed by atoms with Gasteiger partial charge >= 0.3 is 19.1 Å². The van der Waals surface area contributed by atoms with Crippen LogP contribution in [0.5, 0.6) is 17.2 Å². The predicted molar refractivity (Wildman–Crippen MR) is 150 cm³/mol. The molecule has 3 aromatic rings. The Morgan fingerprint density at radius 2 is 1.95 bits per heavy atom. The highest BCUT2D eigenvalue weighted by atomic mass is 35.5. The van der Waals surface area contributed by atoms with Crippen LogP contribution >= 0.6 is 22.9 Å². The molecule has 2 aromatic carbocycles. The number of oxime groups is 1. The number of rotatable bonds is 10. The van der Waals surface area contributed by atoms with Gasteiger partial charge in [-0.05, 0) is 30.2 Å². The molecule has 4 rings (SSSR count). The third-order valence-corrected chi connectivity index (χ3v) is 7.04.